The first kappa shape index (κ1) is 18.3. The summed E-state index contributed by atoms with van der Waals surface area (Å²) in [7, 11) is 0. The maximum Gasteiger partial charge on any atom is 0.282 e. The molecule has 0 saturated heterocycles. The average molecular weight is 358 g/mol. The summed E-state index contributed by atoms with van der Waals surface area (Å²) in [6.07, 6.45) is 0. The van der Waals surface area contributed by atoms with Gasteiger partial charge in [-0.15, -0.1) is 0 Å². The number of rotatable bonds is 5. The van der Waals surface area contributed by atoms with Crippen molar-refractivity contribution in [2.45, 2.75) is 25.9 Å². The molecule has 24 heavy (non-hydrogen) atoms. The number of nitrogens with one attached hydrogen (secondary N) is 1. The lowest BCUT2D eigenvalue weighted by molar-refractivity contribution is -0.710. The van der Waals surface area contributed by atoms with Crippen molar-refractivity contribution < 1.29 is 23.3 Å². The first-order chi connectivity index (χ1) is 11.3. The SMILES string of the molecule is C[C@H]([NH2+][C@H](C)c1ccc(F)cc1F)C(=O)Nc1ccc(F)cc1Cl. The third kappa shape index (κ3) is 4.49. The third-order valence-electron chi connectivity index (χ3n) is 3.63. The number of nitrogens with two attached hydrogens (primary N) is 1. The molecule has 128 valence electrons. The van der Waals surface area contributed by atoms with E-state index in [0.717, 1.165) is 12.1 Å². The van der Waals surface area contributed by atoms with Crippen LogP contribution in [0.15, 0.2) is 36.4 Å². The highest BCUT2D eigenvalue weighted by atomic mass is 35.5. The Hall–Kier alpha value is -2.05. The van der Waals surface area contributed by atoms with Crippen LogP contribution >= 0.6 is 11.6 Å². The molecule has 0 radical (unpaired) electrons. The van der Waals surface area contributed by atoms with Crippen molar-refractivity contribution in [2.24, 2.45) is 0 Å². The highest BCUT2D eigenvalue weighted by Gasteiger charge is 2.23. The van der Waals surface area contributed by atoms with E-state index in [1.807, 2.05) is 0 Å². The van der Waals surface area contributed by atoms with Crippen molar-refractivity contribution in [3.8, 4) is 0 Å². The zero-order chi connectivity index (χ0) is 17.9. The molecule has 0 aromatic heterocycles. The highest BCUT2D eigenvalue weighted by molar-refractivity contribution is 6.33. The second kappa shape index (κ2) is 7.68. The summed E-state index contributed by atoms with van der Waals surface area (Å²) in [5, 5.41) is 4.33. The minimum Gasteiger partial charge on any atom is -0.330 e. The summed E-state index contributed by atoms with van der Waals surface area (Å²) in [5.74, 6) is -2.18. The number of quaternary nitrogens is 1. The molecule has 0 spiro atoms. The summed E-state index contributed by atoms with van der Waals surface area (Å²) in [6.45, 7) is 3.36. The van der Waals surface area contributed by atoms with E-state index in [2.05, 4.69) is 5.32 Å². The maximum absolute atomic E-state index is 13.8. The molecular weight excluding hydrogens is 341 g/mol. The summed E-state index contributed by atoms with van der Waals surface area (Å²) in [6, 6.07) is 6.03. The molecule has 0 bridgehead atoms. The lowest BCUT2D eigenvalue weighted by atomic mass is 10.1. The van der Waals surface area contributed by atoms with E-state index >= 15 is 0 Å². The molecule has 3 nitrogen and oxygen atoms in total. The standard InChI is InChI=1S/C17H16ClF3N2O/c1-9(13-5-3-12(20)8-15(13)21)22-10(2)17(24)23-16-6-4-11(19)7-14(16)18/h3-10,22H,1-2H3,(H,23,24)/p+1/t9-,10+/m1/s1. The summed E-state index contributed by atoms with van der Waals surface area (Å²) in [5.41, 5.74) is 0.597. The molecule has 0 aliphatic rings. The van der Waals surface area contributed by atoms with E-state index in [-0.39, 0.29) is 10.9 Å². The number of carbonyl (C=O) groups excluding carboxylic acids is 1. The Morgan fingerprint density at radius 2 is 1.71 bits per heavy atom. The Bertz CT molecular complexity index is 755. The van der Waals surface area contributed by atoms with Gasteiger partial charge in [-0.2, -0.15) is 0 Å². The number of anilines is 1. The van der Waals surface area contributed by atoms with Gasteiger partial charge in [0.05, 0.1) is 10.7 Å². The smallest absolute Gasteiger partial charge is 0.282 e. The molecular formula is C17H17ClF3N2O+. The van der Waals surface area contributed by atoms with Gasteiger partial charge in [-0.3, -0.25) is 4.79 Å². The van der Waals surface area contributed by atoms with Crippen molar-refractivity contribution in [1.29, 1.82) is 0 Å². The lowest BCUT2D eigenvalue weighted by Gasteiger charge is -2.17. The molecule has 7 heteroatoms. The van der Waals surface area contributed by atoms with E-state index in [4.69, 9.17) is 11.6 Å². The Morgan fingerprint density at radius 3 is 2.33 bits per heavy atom. The van der Waals surface area contributed by atoms with Gasteiger partial charge in [-0.1, -0.05) is 11.6 Å². The average Bonchev–Trinajstić information content (AvgIpc) is 2.49. The van der Waals surface area contributed by atoms with Crippen LogP contribution in [0.4, 0.5) is 18.9 Å². The predicted molar refractivity (Wildman–Crippen MR) is 86.2 cm³/mol. The second-order valence-corrected chi connectivity index (χ2v) is 5.96. The number of amides is 1. The topological polar surface area (TPSA) is 45.7 Å². The van der Waals surface area contributed by atoms with Crippen molar-refractivity contribution in [1.82, 2.24) is 0 Å². The number of halogens is 4. The molecule has 3 N–H and O–H groups in total. The molecule has 1 amide bonds. The summed E-state index contributed by atoms with van der Waals surface area (Å²) in [4.78, 5) is 12.2. The number of hydrogen-bond acceptors (Lipinski definition) is 1. The van der Waals surface area contributed by atoms with Crippen LogP contribution < -0.4 is 10.6 Å². The Morgan fingerprint density at radius 1 is 1.08 bits per heavy atom. The molecule has 2 atom stereocenters. The number of carbonyl (C=O) groups is 1. The number of benzene rings is 2. The van der Waals surface area contributed by atoms with Crippen LogP contribution in [0, 0.1) is 17.5 Å². The van der Waals surface area contributed by atoms with Crippen LogP contribution in [-0.4, -0.2) is 11.9 Å². The second-order valence-electron chi connectivity index (χ2n) is 5.55. The fraction of sp³-hybridized carbons (Fsp3) is 0.235. The zero-order valence-electron chi connectivity index (χ0n) is 13.1. The molecule has 2 aromatic rings. The fourth-order valence-electron chi connectivity index (χ4n) is 2.33. The molecule has 0 heterocycles. The molecule has 0 unspecified atom stereocenters. The van der Waals surface area contributed by atoms with E-state index in [1.54, 1.807) is 19.2 Å². The normalized spacial score (nSPS) is 13.4. The fourth-order valence-corrected chi connectivity index (χ4v) is 2.55. The minimum atomic E-state index is -0.659. The lowest BCUT2D eigenvalue weighted by Crippen LogP contribution is -2.91. The van der Waals surface area contributed by atoms with Gasteiger partial charge in [0.1, 0.15) is 23.5 Å². The monoisotopic (exact) mass is 357 g/mol. The van der Waals surface area contributed by atoms with Crippen LogP contribution in [0.1, 0.15) is 25.5 Å². The van der Waals surface area contributed by atoms with Crippen molar-refractivity contribution in [2.75, 3.05) is 5.32 Å². The molecule has 2 aromatic carbocycles. The Balaban J connectivity index is 2.02. The van der Waals surface area contributed by atoms with Gasteiger partial charge in [-0.25, -0.2) is 13.2 Å². The Labute approximate surface area is 142 Å². The highest BCUT2D eigenvalue weighted by Crippen LogP contribution is 2.22. The quantitative estimate of drug-likeness (QED) is 0.846. The zero-order valence-corrected chi connectivity index (χ0v) is 13.9. The summed E-state index contributed by atoms with van der Waals surface area (Å²) < 4.78 is 39.7. The molecule has 2 rings (SSSR count). The van der Waals surface area contributed by atoms with Crippen molar-refractivity contribution in [3.05, 3.63) is 64.4 Å². The third-order valence-corrected chi connectivity index (χ3v) is 3.95. The minimum absolute atomic E-state index is 0.0909. The van der Waals surface area contributed by atoms with Gasteiger partial charge >= 0.3 is 0 Å². The van der Waals surface area contributed by atoms with E-state index in [9.17, 15) is 18.0 Å². The molecule has 0 aliphatic heterocycles. The van der Waals surface area contributed by atoms with Gasteiger partial charge in [0.2, 0.25) is 0 Å². The van der Waals surface area contributed by atoms with Crippen LogP contribution in [0.5, 0.6) is 0 Å². The van der Waals surface area contributed by atoms with Crippen LogP contribution in [0.3, 0.4) is 0 Å². The maximum atomic E-state index is 13.8. The number of hydrogen-bond donors (Lipinski definition) is 2. The predicted octanol–water partition coefficient (Wildman–Crippen LogP) is 3.41. The van der Waals surface area contributed by atoms with E-state index < -0.39 is 29.5 Å². The van der Waals surface area contributed by atoms with E-state index in [1.165, 1.54) is 24.3 Å². The largest absolute Gasteiger partial charge is 0.330 e. The van der Waals surface area contributed by atoms with Crippen LogP contribution in [0.25, 0.3) is 0 Å². The first-order valence-electron chi connectivity index (χ1n) is 7.33. The first-order valence-corrected chi connectivity index (χ1v) is 7.71. The van der Waals surface area contributed by atoms with Crippen LogP contribution in [0.2, 0.25) is 5.02 Å². The van der Waals surface area contributed by atoms with Gasteiger partial charge in [0.15, 0.2) is 6.04 Å². The van der Waals surface area contributed by atoms with Gasteiger partial charge in [-0.05, 0) is 44.2 Å². The van der Waals surface area contributed by atoms with Gasteiger partial charge < -0.3 is 10.6 Å². The Kier molecular flexibility index (Phi) is 5.85. The van der Waals surface area contributed by atoms with E-state index in [0.29, 0.717) is 11.3 Å². The van der Waals surface area contributed by atoms with Gasteiger partial charge in [0.25, 0.3) is 5.91 Å². The van der Waals surface area contributed by atoms with Crippen molar-refractivity contribution >= 4 is 23.2 Å². The van der Waals surface area contributed by atoms with Crippen molar-refractivity contribution in [3.63, 3.8) is 0 Å². The van der Waals surface area contributed by atoms with Crippen LogP contribution in [-0.2, 0) is 4.79 Å². The van der Waals surface area contributed by atoms with Gasteiger partial charge in [0, 0.05) is 11.6 Å². The molecule has 0 saturated carbocycles. The molecule has 0 aliphatic carbocycles. The summed E-state index contributed by atoms with van der Waals surface area (Å²) >= 11 is 5.87. The molecule has 0 fully saturated rings.